The molecule has 2 aromatic heterocycles. The number of nitrogens with one attached hydrogen (secondary N) is 1. The molecule has 43 heavy (non-hydrogen) atoms. The summed E-state index contributed by atoms with van der Waals surface area (Å²) in [7, 11) is -5.60. The maximum absolute atomic E-state index is 13.3. The van der Waals surface area contributed by atoms with Crippen LogP contribution in [0.5, 0.6) is 5.75 Å². The van der Waals surface area contributed by atoms with Gasteiger partial charge in [-0.15, -0.1) is 5.10 Å². The molecule has 4 rings (SSSR count). The number of hydrogen-bond donors (Lipinski definition) is 3. The van der Waals surface area contributed by atoms with E-state index in [1.165, 1.54) is 0 Å². The number of aromatic nitrogens is 5. The predicted molar refractivity (Wildman–Crippen MR) is 121 cm³/mol. The van der Waals surface area contributed by atoms with Gasteiger partial charge in [0.1, 0.15) is 35.5 Å². The molecule has 15 nitrogen and oxygen atoms in total. The van der Waals surface area contributed by atoms with Crippen LogP contribution in [0.4, 0.5) is 17.6 Å². The molecule has 3 aromatic rings. The molecule has 0 aliphatic carbocycles. The van der Waals surface area contributed by atoms with Crippen molar-refractivity contribution in [3.63, 3.8) is 0 Å². The Morgan fingerprint density at radius 3 is 2.49 bits per heavy atom. The number of hydrogen-bond acceptors (Lipinski definition) is 12. The normalized spacial score (nSPS) is 21.2. The first-order valence-electron chi connectivity index (χ1n) is 11.5. The van der Waals surface area contributed by atoms with E-state index in [0.717, 1.165) is 41.2 Å². The SMILES string of the molecule is O=c1ccn([C@@H]2O[C@H](COCc3cn(C(c4cccc(OC(F)(F)C(F)F)c4)P(=O)([O-])[O-])nn3)[C@@H](O)[C@H]2O)c(=O)[nH]1.[Na+].[Na+]. The quantitative estimate of drug-likeness (QED) is 0.0998. The molecule has 0 radical (unpaired) electrons. The van der Waals surface area contributed by atoms with Gasteiger partial charge in [-0.05, 0) is 25.3 Å². The molecule has 1 saturated heterocycles. The van der Waals surface area contributed by atoms with Gasteiger partial charge in [-0.3, -0.25) is 14.3 Å². The predicted octanol–water partition coefficient (Wildman–Crippen LogP) is -7.33. The van der Waals surface area contributed by atoms with Crippen LogP contribution in [0.2, 0.25) is 0 Å². The number of benzene rings is 1. The number of rotatable bonds is 11. The van der Waals surface area contributed by atoms with Gasteiger partial charge in [0, 0.05) is 12.3 Å². The molecule has 22 heteroatoms. The van der Waals surface area contributed by atoms with Crippen molar-refractivity contribution in [3.8, 4) is 5.75 Å². The summed E-state index contributed by atoms with van der Waals surface area (Å²) in [5, 5.41) is 27.8. The first-order valence-corrected chi connectivity index (χ1v) is 13.1. The average Bonchev–Trinajstić information content (AvgIpc) is 3.43. The minimum Gasteiger partial charge on any atom is -0.809 e. The van der Waals surface area contributed by atoms with Crippen LogP contribution in [0.15, 0.2) is 52.3 Å². The molecule has 1 aromatic carbocycles. The molecule has 224 valence electrons. The van der Waals surface area contributed by atoms with E-state index in [9.17, 15) is 51.7 Å². The Labute approximate surface area is 282 Å². The van der Waals surface area contributed by atoms with Crippen molar-refractivity contribution in [1.29, 1.82) is 0 Å². The Morgan fingerprint density at radius 2 is 1.86 bits per heavy atom. The minimum atomic E-state index is -5.60. The number of aromatic amines is 1. The molecular formula is C21H20F4N5Na2O10P. The topological polar surface area (TPSA) is 217 Å². The summed E-state index contributed by atoms with van der Waals surface area (Å²) in [4.78, 5) is 49.2. The van der Waals surface area contributed by atoms with E-state index in [-0.39, 0.29) is 78.0 Å². The van der Waals surface area contributed by atoms with Gasteiger partial charge in [0.25, 0.3) is 5.56 Å². The number of H-pyrrole nitrogens is 1. The summed E-state index contributed by atoms with van der Waals surface area (Å²) in [6.07, 6.45) is -12.6. The van der Waals surface area contributed by atoms with Crippen LogP contribution in [0.3, 0.4) is 0 Å². The van der Waals surface area contributed by atoms with Crippen molar-refractivity contribution in [2.75, 3.05) is 6.61 Å². The van der Waals surface area contributed by atoms with Crippen LogP contribution in [0, 0.1) is 0 Å². The molecule has 0 amide bonds. The van der Waals surface area contributed by atoms with Gasteiger partial charge in [0.15, 0.2) is 6.23 Å². The number of aliphatic hydroxyl groups is 2. The van der Waals surface area contributed by atoms with Gasteiger partial charge in [-0.2, -0.15) is 17.6 Å². The van der Waals surface area contributed by atoms with E-state index in [1.54, 1.807) is 0 Å². The van der Waals surface area contributed by atoms with Gasteiger partial charge in [0.05, 0.1) is 19.4 Å². The van der Waals surface area contributed by atoms with Crippen molar-refractivity contribution in [1.82, 2.24) is 24.5 Å². The molecule has 5 atom stereocenters. The van der Waals surface area contributed by atoms with Gasteiger partial charge in [0.2, 0.25) is 0 Å². The van der Waals surface area contributed by atoms with Crippen LogP contribution in [-0.4, -0.2) is 72.2 Å². The summed E-state index contributed by atoms with van der Waals surface area (Å²) in [6, 6.07) is 4.58. The fraction of sp³-hybridized carbons (Fsp3) is 0.429. The number of ether oxygens (including phenoxy) is 3. The fourth-order valence-corrected chi connectivity index (χ4v) is 4.85. The Balaban J connectivity index is 0.00000323. The Bertz CT molecular complexity index is 1540. The monoisotopic (exact) mass is 655 g/mol. The summed E-state index contributed by atoms with van der Waals surface area (Å²) in [5.41, 5.74) is -2.05. The van der Waals surface area contributed by atoms with Crippen molar-refractivity contribution in [2.45, 2.75) is 49.5 Å². The number of alkyl halides is 4. The Hall–Kier alpha value is -1.45. The molecule has 1 aliphatic heterocycles. The molecule has 3 heterocycles. The summed E-state index contributed by atoms with van der Waals surface area (Å²) >= 11 is 0. The zero-order valence-corrected chi connectivity index (χ0v) is 27.2. The van der Waals surface area contributed by atoms with E-state index in [0.29, 0.717) is 10.7 Å². The van der Waals surface area contributed by atoms with Gasteiger partial charge in [-0.1, -0.05) is 17.3 Å². The summed E-state index contributed by atoms with van der Waals surface area (Å²) in [6.45, 7) is -0.757. The second kappa shape index (κ2) is 15.2. The van der Waals surface area contributed by atoms with E-state index in [2.05, 4.69) is 15.0 Å². The van der Waals surface area contributed by atoms with E-state index in [4.69, 9.17) is 9.47 Å². The Morgan fingerprint density at radius 1 is 1.16 bits per heavy atom. The Kier molecular flexibility index (Phi) is 13.4. The zero-order chi connectivity index (χ0) is 30.1. The first kappa shape index (κ1) is 37.7. The van der Waals surface area contributed by atoms with E-state index < -0.39 is 73.0 Å². The number of nitrogens with zero attached hydrogens (tertiary/aromatic N) is 4. The van der Waals surface area contributed by atoms with Crippen LogP contribution < -0.4 is 84.9 Å². The molecule has 3 N–H and O–H groups in total. The fourth-order valence-electron chi connectivity index (χ4n) is 3.92. The van der Waals surface area contributed by atoms with Gasteiger partial charge < -0.3 is 38.8 Å². The van der Waals surface area contributed by atoms with Crippen molar-refractivity contribution >= 4 is 7.60 Å². The molecule has 1 fully saturated rings. The van der Waals surface area contributed by atoms with Crippen LogP contribution in [-0.2, 0) is 20.6 Å². The summed E-state index contributed by atoms with van der Waals surface area (Å²) < 4.78 is 79.8. The maximum Gasteiger partial charge on any atom is 1.00 e. The molecule has 0 saturated carbocycles. The largest absolute Gasteiger partial charge is 1.00 e. The second-order valence-electron chi connectivity index (χ2n) is 8.72. The van der Waals surface area contributed by atoms with Crippen LogP contribution in [0.25, 0.3) is 0 Å². The molecular weight excluding hydrogens is 635 g/mol. The standard InChI is InChI=1S/C21H22F4N5O10P.2Na/c22-19(23)21(24,25)40-12-3-1-2-10(6-12)18(41(35,36)37)30-7-11(27-28-30)8-38-9-13-15(32)16(33)17(39-13)29-5-4-14(31)26-20(29)34;;/h1-7,13,15-19,32-33H,8-9H2,(H,26,31,34)(H2,35,36,37);;/q;2*+1/p-2/t13-,15-,16-,17-,18?;;/m1../s1. The second-order valence-corrected chi connectivity index (χ2v) is 10.3. The van der Waals surface area contributed by atoms with Gasteiger partial charge in [-0.25, -0.2) is 9.48 Å². The first-order chi connectivity index (χ1) is 19.2. The van der Waals surface area contributed by atoms with E-state index in [1.807, 2.05) is 4.98 Å². The number of aliphatic hydroxyl groups excluding tert-OH is 2. The summed E-state index contributed by atoms with van der Waals surface area (Å²) in [5.74, 6) is -2.96. The molecule has 0 spiro atoms. The molecule has 0 bridgehead atoms. The minimum absolute atomic E-state index is 0. The molecule has 1 aliphatic rings. The number of halogens is 4. The van der Waals surface area contributed by atoms with Crippen molar-refractivity contribution < 1.29 is 115 Å². The molecule has 1 unspecified atom stereocenters. The van der Waals surface area contributed by atoms with Crippen LogP contribution in [0.1, 0.15) is 23.3 Å². The average molecular weight is 655 g/mol. The third-order valence-corrected chi connectivity index (χ3v) is 6.90. The third-order valence-electron chi connectivity index (χ3n) is 5.77. The smallest absolute Gasteiger partial charge is 0.809 e. The van der Waals surface area contributed by atoms with E-state index >= 15 is 0 Å². The third kappa shape index (κ3) is 9.06. The van der Waals surface area contributed by atoms with Crippen molar-refractivity contribution in [2.24, 2.45) is 0 Å². The van der Waals surface area contributed by atoms with Crippen LogP contribution >= 0.6 is 7.60 Å². The van der Waals surface area contributed by atoms with Crippen molar-refractivity contribution in [3.05, 3.63) is 74.8 Å². The zero-order valence-electron chi connectivity index (χ0n) is 22.3. The van der Waals surface area contributed by atoms with Gasteiger partial charge >= 0.3 is 77.3 Å². The maximum atomic E-state index is 13.3.